The van der Waals surface area contributed by atoms with Crippen LogP contribution in [0.4, 0.5) is 0 Å². The van der Waals surface area contributed by atoms with Crippen molar-refractivity contribution in [3.05, 3.63) is 116 Å². The molecule has 8 nitrogen and oxygen atoms in total. The minimum atomic E-state index is -0.820. The van der Waals surface area contributed by atoms with Crippen molar-refractivity contribution in [2.45, 2.75) is 124 Å². The summed E-state index contributed by atoms with van der Waals surface area (Å²) in [6, 6.07) is 12.7. The van der Waals surface area contributed by atoms with Crippen LogP contribution in [0, 0.1) is 23.7 Å². The maximum absolute atomic E-state index is 14.1. The zero-order valence-electron chi connectivity index (χ0n) is 31.9. The molecule has 2 aliphatic carbocycles. The second kappa shape index (κ2) is 17.9. The number of hydrogen-bond acceptors (Lipinski definition) is 6. The molecule has 0 bridgehead atoms. The third-order valence-electron chi connectivity index (χ3n) is 10.8. The van der Waals surface area contributed by atoms with Gasteiger partial charge >= 0.3 is 5.91 Å². The first-order valence-electron chi connectivity index (χ1n) is 19.3. The highest BCUT2D eigenvalue weighted by atomic mass is 16.7. The van der Waals surface area contributed by atoms with Crippen LogP contribution in [0.1, 0.15) is 149 Å². The molecule has 0 saturated heterocycles. The van der Waals surface area contributed by atoms with E-state index in [1.807, 2.05) is 6.07 Å². The molecule has 1 unspecified atom stereocenters. The van der Waals surface area contributed by atoms with Gasteiger partial charge in [-0.15, -0.1) is 4.91 Å². The van der Waals surface area contributed by atoms with E-state index in [2.05, 4.69) is 94.0 Å². The van der Waals surface area contributed by atoms with Gasteiger partial charge in [-0.05, 0) is 122 Å². The molecule has 1 aliphatic heterocycles. The summed E-state index contributed by atoms with van der Waals surface area (Å²) in [4.78, 5) is 47.1. The van der Waals surface area contributed by atoms with E-state index in [1.165, 1.54) is 72.1 Å². The van der Waals surface area contributed by atoms with E-state index in [0.717, 1.165) is 49.7 Å². The minimum absolute atomic E-state index is 0.131. The molecule has 8 heteroatoms. The number of nitroso groups, excluding NO2 is 1. The summed E-state index contributed by atoms with van der Waals surface area (Å²) in [6.07, 6.45) is 20.0. The number of amidine groups is 1. The van der Waals surface area contributed by atoms with Crippen molar-refractivity contribution in [3.63, 3.8) is 0 Å². The van der Waals surface area contributed by atoms with Crippen LogP contribution in [0.5, 0.6) is 0 Å². The van der Waals surface area contributed by atoms with E-state index in [0.29, 0.717) is 23.2 Å². The molecule has 276 valence electrons. The van der Waals surface area contributed by atoms with Gasteiger partial charge in [-0.3, -0.25) is 9.59 Å². The summed E-state index contributed by atoms with van der Waals surface area (Å²) in [5, 5.41) is 5.86. The van der Waals surface area contributed by atoms with E-state index in [-0.39, 0.29) is 11.5 Å². The summed E-state index contributed by atoms with van der Waals surface area (Å²) in [5.41, 5.74) is 11.7. The van der Waals surface area contributed by atoms with Gasteiger partial charge in [0.2, 0.25) is 6.23 Å². The first-order valence-corrected chi connectivity index (χ1v) is 19.3. The summed E-state index contributed by atoms with van der Waals surface area (Å²) in [7, 11) is 0. The number of nitrogens with one attached hydrogen (secondary N) is 2. The molecule has 0 aromatic heterocycles. The SMILES string of the molecule is CC=C(/C=C\CC)C(=C\CC)/C(=C(/c1ccc(C(=O)NC2(C3=NC(c4ccc(C(=O)N=O)cc4)ON3)CCCC2)cc1C)C1CCCCC1)C(C)C. The van der Waals surface area contributed by atoms with E-state index in [1.54, 1.807) is 12.1 Å². The molecule has 1 heterocycles. The molecular weight excluding hydrogens is 649 g/mol. The van der Waals surface area contributed by atoms with Crippen molar-refractivity contribution in [2.24, 2.45) is 22.0 Å². The Kier molecular flexibility index (Phi) is 13.3. The zero-order valence-corrected chi connectivity index (χ0v) is 31.9. The number of nitrogens with zero attached hydrogens (tertiary/aromatic N) is 2. The van der Waals surface area contributed by atoms with Crippen LogP contribution in [0.2, 0.25) is 0 Å². The Morgan fingerprint density at radius 1 is 1.00 bits per heavy atom. The smallest absolute Gasteiger partial charge is 0.316 e. The molecule has 0 spiro atoms. The summed E-state index contributed by atoms with van der Waals surface area (Å²) < 4.78 is 0. The quantitative estimate of drug-likeness (QED) is 0.159. The van der Waals surface area contributed by atoms with Gasteiger partial charge in [0.1, 0.15) is 5.84 Å². The first kappa shape index (κ1) is 38.8. The lowest BCUT2D eigenvalue weighted by Crippen LogP contribution is -2.55. The summed E-state index contributed by atoms with van der Waals surface area (Å²) in [5.74, 6) is 0.442. The van der Waals surface area contributed by atoms with Gasteiger partial charge in [0.05, 0.1) is 5.54 Å². The van der Waals surface area contributed by atoms with Crippen molar-refractivity contribution >= 4 is 23.2 Å². The molecule has 2 fully saturated rings. The molecule has 2 aromatic rings. The molecule has 2 amide bonds. The molecule has 5 rings (SSSR count). The maximum Gasteiger partial charge on any atom is 0.316 e. The van der Waals surface area contributed by atoms with Crippen LogP contribution in [-0.2, 0) is 4.84 Å². The van der Waals surface area contributed by atoms with Crippen molar-refractivity contribution in [1.29, 1.82) is 0 Å². The largest absolute Gasteiger partial charge is 0.339 e. The average molecular weight is 705 g/mol. The van der Waals surface area contributed by atoms with Gasteiger partial charge in [-0.25, -0.2) is 15.3 Å². The summed E-state index contributed by atoms with van der Waals surface area (Å²) >= 11 is 0. The second-order valence-corrected chi connectivity index (χ2v) is 14.7. The van der Waals surface area contributed by atoms with Crippen LogP contribution < -0.4 is 10.8 Å². The van der Waals surface area contributed by atoms with E-state index in [9.17, 15) is 14.5 Å². The van der Waals surface area contributed by atoms with Crippen LogP contribution in [0.25, 0.3) is 5.57 Å². The zero-order chi connectivity index (χ0) is 37.3. The predicted molar refractivity (Wildman–Crippen MR) is 211 cm³/mol. The molecule has 1 atom stereocenters. The van der Waals surface area contributed by atoms with Gasteiger partial charge in [-0.2, -0.15) is 0 Å². The Hall–Kier alpha value is -4.43. The van der Waals surface area contributed by atoms with Gasteiger partial charge < -0.3 is 5.32 Å². The van der Waals surface area contributed by atoms with Crippen molar-refractivity contribution in [1.82, 2.24) is 10.8 Å². The number of hydroxylamine groups is 1. The number of amides is 2. The molecule has 2 N–H and O–H groups in total. The predicted octanol–water partition coefficient (Wildman–Crippen LogP) is 10.8. The third kappa shape index (κ3) is 8.60. The van der Waals surface area contributed by atoms with Gasteiger partial charge in [0.15, 0.2) is 0 Å². The fourth-order valence-corrected chi connectivity index (χ4v) is 8.20. The highest BCUT2D eigenvalue weighted by molar-refractivity contribution is 6.01. The van der Waals surface area contributed by atoms with Gasteiger partial charge in [-0.1, -0.05) is 102 Å². The van der Waals surface area contributed by atoms with Crippen molar-refractivity contribution < 1.29 is 14.4 Å². The minimum Gasteiger partial charge on any atom is -0.339 e. The molecular formula is C44H56N4O4. The Morgan fingerprint density at radius 2 is 1.69 bits per heavy atom. The standard InChI is InChI=1S/C44H56N4O4/c1-7-10-17-31(9-3)37(16-8-2)38(29(4)5)39(32-18-12-11-13-19-32)36-25-24-35(28-30(36)6)40(49)46-44(26-14-15-27-44)43-45-42(52-48-43)34-22-20-33(21-23-34)41(50)47-51/h9-10,16-17,20-25,28-29,32,42H,7-8,11-15,18-19,26-27H2,1-6H3,(H,45,48)(H,46,49)/b17-10-,31-9?,37-16+,39-38+. The van der Waals surface area contributed by atoms with Gasteiger partial charge in [0, 0.05) is 21.9 Å². The molecule has 2 aromatic carbocycles. The average Bonchev–Trinajstić information content (AvgIpc) is 3.85. The monoisotopic (exact) mass is 704 g/mol. The lowest BCUT2D eigenvalue weighted by Gasteiger charge is -2.32. The van der Waals surface area contributed by atoms with Crippen LogP contribution >= 0.6 is 0 Å². The van der Waals surface area contributed by atoms with Crippen LogP contribution in [0.15, 0.2) is 93.7 Å². The number of rotatable bonds is 13. The van der Waals surface area contributed by atoms with E-state index >= 15 is 0 Å². The number of carbonyl (C=O) groups is 2. The maximum atomic E-state index is 14.1. The number of aliphatic imine (C=N–C) groups is 1. The first-order chi connectivity index (χ1) is 25.2. The van der Waals surface area contributed by atoms with E-state index < -0.39 is 17.7 Å². The number of hydrogen-bond donors (Lipinski definition) is 2. The Morgan fingerprint density at radius 3 is 2.29 bits per heavy atom. The Balaban J connectivity index is 1.48. The number of benzene rings is 2. The third-order valence-corrected chi connectivity index (χ3v) is 10.8. The lowest BCUT2D eigenvalue weighted by atomic mass is 9.73. The second-order valence-electron chi connectivity index (χ2n) is 14.7. The highest BCUT2D eigenvalue weighted by Crippen LogP contribution is 2.44. The fraction of sp³-hybridized carbons (Fsp3) is 0.477. The fourth-order valence-electron chi connectivity index (χ4n) is 8.20. The van der Waals surface area contributed by atoms with Crippen molar-refractivity contribution in [3.8, 4) is 0 Å². The normalized spacial score (nSPS) is 20.1. The topological polar surface area (TPSA) is 109 Å². The number of aryl methyl sites for hydroxylation is 1. The van der Waals surface area contributed by atoms with Crippen LogP contribution in [0.3, 0.4) is 0 Å². The Labute approximate surface area is 309 Å². The lowest BCUT2D eigenvalue weighted by molar-refractivity contribution is 0.0355. The molecule has 0 radical (unpaired) electrons. The van der Waals surface area contributed by atoms with Crippen molar-refractivity contribution in [2.75, 3.05) is 0 Å². The van der Waals surface area contributed by atoms with Crippen LogP contribution in [-0.4, -0.2) is 23.2 Å². The molecule has 52 heavy (non-hydrogen) atoms. The summed E-state index contributed by atoms with van der Waals surface area (Å²) in [6.45, 7) is 13.3. The van der Waals surface area contributed by atoms with E-state index in [4.69, 9.17) is 9.83 Å². The number of carbonyl (C=O) groups excluding carboxylic acids is 2. The van der Waals surface area contributed by atoms with Gasteiger partial charge in [0.25, 0.3) is 5.91 Å². The number of allylic oxidation sites excluding steroid dienone is 8. The highest BCUT2D eigenvalue weighted by Gasteiger charge is 2.44. The molecule has 2 saturated carbocycles. The molecule has 3 aliphatic rings. The Bertz CT molecular complexity index is 1770.